The summed E-state index contributed by atoms with van der Waals surface area (Å²) < 4.78 is 13.5. The topological polar surface area (TPSA) is 17.1 Å². The molecule has 0 amide bonds. The number of benzene rings is 1. The Morgan fingerprint density at radius 2 is 1.44 bits per heavy atom. The zero-order valence-corrected chi connectivity index (χ0v) is 17.6. The number of Topliss-reactive ketones (excluding diaryl/α,β-unsaturated/α-hetero) is 1. The van der Waals surface area contributed by atoms with E-state index in [0.29, 0.717) is 6.42 Å². The normalized spacial score (nSPS) is 12.1. The van der Waals surface area contributed by atoms with Crippen molar-refractivity contribution in [2.45, 2.75) is 103 Å². The predicted molar refractivity (Wildman–Crippen MR) is 115 cm³/mol. The van der Waals surface area contributed by atoms with Gasteiger partial charge in [-0.05, 0) is 31.0 Å². The van der Waals surface area contributed by atoms with Crippen molar-refractivity contribution in [3.05, 3.63) is 47.8 Å². The first-order valence-electron chi connectivity index (χ1n) is 11.0. The van der Waals surface area contributed by atoms with Gasteiger partial charge in [0, 0.05) is 6.42 Å². The van der Waals surface area contributed by atoms with Crippen LogP contribution >= 0.6 is 0 Å². The SMILES string of the molecule is C=C(C)C(C(=O)CCCCCCCCCCCCCC)c1cccc(F)c1. The predicted octanol–water partition coefficient (Wildman–Crippen LogP) is 8.15. The molecular weight excluding hydrogens is 335 g/mol. The van der Waals surface area contributed by atoms with E-state index in [1.165, 1.54) is 76.3 Å². The molecule has 0 aliphatic rings. The quantitative estimate of drug-likeness (QED) is 0.211. The molecule has 27 heavy (non-hydrogen) atoms. The smallest absolute Gasteiger partial charge is 0.144 e. The first kappa shape index (κ1) is 23.6. The minimum Gasteiger partial charge on any atom is -0.299 e. The summed E-state index contributed by atoms with van der Waals surface area (Å²) in [7, 11) is 0. The zero-order chi connectivity index (χ0) is 19.9. The summed E-state index contributed by atoms with van der Waals surface area (Å²) in [5.74, 6) is -0.495. The summed E-state index contributed by atoms with van der Waals surface area (Å²) in [6.07, 6.45) is 16.0. The monoisotopic (exact) mass is 374 g/mol. The lowest BCUT2D eigenvalue weighted by Crippen LogP contribution is -2.13. The van der Waals surface area contributed by atoms with Gasteiger partial charge in [-0.25, -0.2) is 4.39 Å². The third kappa shape index (κ3) is 10.5. The van der Waals surface area contributed by atoms with Crippen LogP contribution in [0.2, 0.25) is 0 Å². The molecule has 0 radical (unpaired) electrons. The van der Waals surface area contributed by atoms with Crippen molar-refractivity contribution < 1.29 is 9.18 Å². The second kappa shape index (κ2) is 14.6. The lowest BCUT2D eigenvalue weighted by molar-refractivity contribution is -0.119. The number of carbonyl (C=O) groups excluding carboxylic acids is 1. The zero-order valence-electron chi connectivity index (χ0n) is 17.6. The summed E-state index contributed by atoms with van der Waals surface area (Å²) in [4.78, 5) is 12.6. The van der Waals surface area contributed by atoms with Gasteiger partial charge < -0.3 is 0 Å². The molecule has 0 aliphatic carbocycles. The van der Waals surface area contributed by atoms with Crippen LogP contribution in [0.15, 0.2) is 36.4 Å². The molecule has 0 aliphatic heterocycles. The highest BCUT2D eigenvalue weighted by Gasteiger charge is 2.21. The Morgan fingerprint density at radius 1 is 0.926 bits per heavy atom. The van der Waals surface area contributed by atoms with E-state index in [1.54, 1.807) is 6.07 Å². The van der Waals surface area contributed by atoms with Crippen molar-refractivity contribution in [1.82, 2.24) is 0 Å². The minimum atomic E-state index is -0.367. The van der Waals surface area contributed by atoms with Gasteiger partial charge in [0.05, 0.1) is 5.92 Å². The summed E-state index contributed by atoms with van der Waals surface area (Å²) in [5, 5.41) is 0. The molecule has 1 unspecified atom stereocenters. The molecule has 0 N–H and O–H groups in total. The lowest BCUT2D eigenvalue weighted by atomic mass is 9.86. The van der Waals surface area contributed by atoms with E-state index in [-0.39, 0.29) is 17.5 Å². The van der Waals surface area contributed by atoms with Crippen molar-refractivity contribution >= 4 is 5.78 Å². The maximum Gasteiger partial charge on any atom is 0.144 e. The summed E-state index contributed by atoms with van der Waals surface area (Å²) in [6.45, 7) is 8.06. The standard InChI is InChI=1S/C25H39FO/c1-4-5-6-7-8-9-10-11-12-13-14-15-19-24(27)25(21(2)3)22-17-16-18-23(26)20-22/h16-18,20,25H,2,4-15,19H2,1,3H3. The molecule has 0 saturated heterocycles. The molecule has 1 aromatic rings. The fraction of sp³-hybridized carbons (Fsp3) is 0.640. The van der Waals surface area contributed by atoms with Crippen LogP contribution in [0, 0.1) is 5.82 Å². The molecular formula is C25H39FO. The van der Waals surface area contributed by atoms with Gasteiger partial charge in [0.25, 0.3) is 0 Å². The van der Waals surface area contributed by atoms with Crippen molar-refractivity contribution in [3.63, 3.8) is 0 Å². The van der Waals surface area contributed by atoms with Crippen LogP contribution in [0.25, 0.3) is 0 Å². The maximum absolute atomic E-state index is 13.5. The molecule has 1 rings (SSSR count). The van der Waals surface area contributed by atoms with Gasteiger partial charge in [0.2, 0.25) is 0 Å². The van der Waals surface area contributed by atoms with Crippen LogP contribution in [0.1, 0.15) is 109 Å². The van der Waals surface area contributed by atoms with Crippen molar-refractivity contribution in [2.75, 3.05) is 0 Å². The Labute approximate surface area is 166 Å². The Hall–Kier alpha value is -1.44. The molecule has 0 heterocycles. The molecule has 1 nitrogen and oxygen atoms in total. The largest absolute Gasteiger partial charge is 0.299 e. The highest BCUT2D eigenvalue weighted by molar-refractivity contribution is 5.88. The number of hydrogen-bond acceptors (Lipinski definition) is 1. The fourth-order valence-electron chi connectivity index (χ4n) is 3.72. The van der Waals surface area contributed by atoms with Gasteiger partial charge in [0.1, 0.15) is 11.6 Å². The highest BCUT2D eigenvalue weighted by Crippen LogP contribution is 2.27. The average molecular weight is 375 g/mol. The van der Waals surface area contributed by atoms with Gasteiger partial charge in [-0.2, -0.15) is 0 Å². The van der Waals surface area contributed by atoms with Crippen LogP contribution < -0.4 is 0 Å². The summed E-state index contributed by atoms with van der Waals surface area (Å²) in [5.41, 5.74) is 1.52. The van der Waals surface area contributed by atoms with Crippen molar-refractivity contribution in [3.8, 4) is 0 Å². The third-order valence-corrected chi connectivity index (χ3v) is 5.27. The molecule has 1 atom stereocenters. The van der Waals surface area contributed by atoms with Crippen LogP contribution in [-0.2, 0) is 4.79 Å². The Bertz CT molecular complexity index is 549. The Morgan fingerprint density at radius 3 is 1.93 bits per heavy atom. The molecule has 0 fully saturated rings. The molecule has 0 bridgehead atoms. The van der Waals surface area contributed by atoms with Crippen LogP contribution in [0.5, 0.6) is 0 Å². The van der Waals surface area contributed by atoms with Crippen LogP contribution in [0.3, 0.4) is 0 Å². The number of ketones is 1. The molecule has 1 aromatic carbocycles. The second-order valence-corrected chi connectivity index (χ2v) is 7.94. The van der Waals surface area contributed by atoms with E-state index < -0.39 is 0 Å². The van der Waals surface area contributed by atoms with Gasteiger partial charge in [-0.3, -0.25) is 4.79 Å². The minimum absolute atomic E-state index is 0.167. The number of rotatable bonds is 16. The average Bonchev–Trinajstić information content (AvgIpc) is 2.62. The van der Waals surface area contributed by atoms with Crippen LogP contribution in [-0.4, -0.2) is 5.78 Å². The van der Waals surface area contributed by atoms with Gasteiger partial charge >= 0.3 is 0 Å². The summed E-state index contributed by atoms with van der Waals surface area (Å²) >= 11 is 0. The number of hydrogen-bond donors (Lipinski definition) is 0. The first-order valence-corrected chi connectivity index (χ1v) is 11.0. The highest BCUT2D eigenvalue weighted by atomic mass is 19.1. The Kier molecular flexibility index (Phi) is 12.8. The van der Waals surface area contributed by atoms with Gasteiger partial charge in [0.15, 0.2) is 0 Å². The molecule has 152 valence electrons. The third-order valence-electron chi connectivity index (χ3n) is 5.27. The number of allylic oxidation sites excluding steroid dienone is 1. The van der Waals surface area contributed by atoms with E-state index in [9.17, 15) is 9.18 Å². The molecule has 0 spiro atoms. The number of unbranched alkanes of at least 4 members (excludes halogenated alkanes) is 11. The van der Waals surface area contributed by atoms with E-state index >= 15 is 0 Å². The fourth-order valence-corrected chi connectivity index (χ4v) is 3.72. The van der Waals surface area contributed by atoms with Gasteiger partial charge in [-0.15, -0.1) is 0 Å². The number of carbonyl (C=O) groups is 1. The second-order valence-electron chi connectivity index (χ2n) is 7.94. The first-order chi connectivity index (χ1) is 13.1. The van der Waals surface area contributed by atoms with Crippen molar-refractivity contribution in [2.24, 2.45) is 0 Å². The molecule has 0 saturated carbocycles. The number of halogens is 1. The van der Waals surface area contributed by atoms with E-state index in [4.69, 9.17) is 0 Å². The maximum atomic E-state index is 13.5. The van der Waals surface area contributed by atoms with E-state index in [2.05, 4.69) is 13.5 Å². The molecule has 0 aromatic heterocycles. The van der Waals surface area contributed by atoms with Crippen LogP contribution in [0.4, 0.5) is 4.39 Å². The summed E-state index contributed by atoms with van der Waals surface area (Å²) in [6, 6.07) is 6.36. The lowest BCUT2D eigenvalue weighted by Gasteiger charge is -2.16. The Balaban J connectivity index is 2.14. The molecule has 2 heteroatoms. The van der Waals surface area contributed by atoms with E-state index in [1.807, 2.05) is 13.0 Å². The van der Waals surface area contributed by atoms with Gasteiger partial charge in [-0.1, -0.05) is 102 Å². The van der Waals surface area contributed by atoms with E-state index in [0.717, 1.165) is 24.0 Å². The van der Waals surface area contributed by atoms with Crippen molar-refractivity contribution in [1.29, 1.82) is 0 Å².